The predicted octanol–water partition coefficient (Wildman–Crippen LogP) is 6.08. The van der Waals surface area contributed by atoms with Gasteiger partial charge in [-0.15, -0.1) is 13.2 Å². The highest BCUT2D eigenvalue weighted by molar-refractivity contribution is 5.36. The molecule has 0 bridgehead atoms. The van der Waals surface area contributed by atoms with Crippen molar-refractivity contribution in [2.24, 2.45) is 0 Å². The Hall–Kier alpha value is -2.52. The van der Waals surface area contributed by atoms with Gasteiger partial charge in [-0.3, -0.25) is 0 Å². The Balaban J connectivity index is 2.30. The zero-order valence-corrected chi connectivity index (χ0v) is 13.6. The first kappa shape index (κ1) is 20.8. The molecule has 2 aromatic rings. The van der Waals surface area contributed by atoms with Crippen molar-refractivity contribution in [3.8, 4) is 11.5 Å². The van der Waals surface area contributed by atoms with Crippen LogP contribution in [0, 0.1) is 17.5 Å². The zero-order valence-electron chi connectivity index (χ0n) is 13.6. The van der Waals surface area contributed by atoms with Crippen molar-refractivity contribution in [1.29, 1.82) is 0 Å². The minimum atomic E-state index is -5.39. The number of alkyl halides is 5. The topological polar surface area (TPSA) is 18.5 Å². The van der Waals surface area contributed by atoms with E-state index < -0.39 is 47.0 Å². The summed E-state index contributed by atoms with van der Waals surface area (Å²) in [6.45, 7) is 1.80. The summed E-state index contributed by atoms with van der Waals surface area (Å²) in [4.78, 5) is 0. The molecule has 0 aliphatic heterocycles. The van der Waals surface area contributed by atoms with Crippen molar-refractivity contribution < 1.29 is 44.6 Å². The van der Waals surface area contributed by atoms with E-state index in [1.165, 1.54) is 6.07 Å². The van der Waals surface area contributed by atoms with Crippen LogP contribution in [0.2, 0.25) is 0 Å². The SMILES string of the molecule is CCCc1ccc(C(F)(F)Oc2cc(F)c(OC(F)(F)F)c(F)c2)c(F)c1. The van der Waals surface area contributed by atoms with Crippen LogP contribution in [-0.4, -0.2) is 6.36 Å². The van der Waals surface area contributed by atoms with Crippen LogP contribution >= 0.6 is 0 Å². The van der Waals surface area contributed by atoms with E-state index in [2.05, 4.69) is 9.47 Å². The monoisotopic (exact) mass is 400 g/mol. The second-order valence-corrected chi connectivity index (χ2v) is 5.45. The van der Waals surface area contributed by atoms with Gasteiger partial charge in [0, 0.05) is 12.1 Å². The molecule has 2 aromatic carbocycles. The minimum Gasteiger partial charge on any atom is -0.429 e. The van der Waals surface area contributed by atoms with E-state index in [9.17, 15) is 35.1 Å². The molecule has 0 spiro atoms. The standard InChI is InChI=1S/C17H12F8O2/c1-2-3-9-4-5-11(12(18)6-9)16(21,22)26-10-7-13(19)15(14(20)8-10)27-17(23,24)25/h4-8H,2-3H2,1H3. The molecule has 10 heteroatoms. The Morgan fingerprint density at radius 3 is 1.89 bits per heavy atom. The maximum Gasteiger partial charge on any atom is 0.573 e. The highest BCUT2D eigenvalue weighted by Gasteiger charge is 2.39. The average Bonchev–Trinajstić information content (AvgIpc) is 2.50. The number of aryl methyl sites for hydroxylation is 1. The summed E-state index contributed by atoms with van der Waals surface area (Å²) in [5, 5.41) is 0. The molecule has 0 unspecified atom stereocenters. The zero-order chi connectivity index (χ0) is 20.4. The molecule has 0 aromatic heterocycles. The molecular formula is C17H12F8O2. The van der Waals surface area contributed by atoms with Crippen molar-refractivity contribution in [1.82, 2.24) is 0 Å². The number of hydrogen-bond acceptors (Lipinski definition) is 2. The van der Waals surface area contributed by atoms with Gasteiger partial charge in [0.2, 0.25) is 5.75 Å². The smallest absolute Gasteiger partial charge is 0.429 e. The summed E-state index contributed by atoms with van der Waals surface area (Å²) < 4.78 is 113. The van der Waals surface area contributed by atoms with Crippen LogP contribution in [0.5, 0.6) is 11.5 Å². The van der Waals surface area contributed by atoms with Crippen LogP contribution in [0.4, 0.5) is 35.1 Å². The maximum atomic E-state index is 14.1. The fourth-order valence-corrected chi connectivity index (χ4v) is 2.25. The van der Waals surface area contributed by atoms with Crippen molar-refractivity contribution >= 4 is 0 Å². The van der Waals surface area contributed by atoms with Crippen molar-refractivity contribution in [2.75, 3.05) is 0 Å². The van der Waals surface area contributed by atoms with Gasteiger partial charge in [0.1, 0.15) is 11.6 Å². The second kappa shape index (κ2) is 7.61. The average molecular weight is 400 g/mol. The van der Waals surface area contributed by atoms with E-state index in [0.29, 0.717) is 18.4 Å². The van der Waals surface area contributed by atoms with Gasteiger partial charge in [-0.1, -0.05) is 19.4 Å². The lowest BCUT2D eigenvalue weighted by Gasteiger charge is -2.20. The molecule has 27 heavy (non-hydrogen) atoms. The molecule has 0 aliphatic rings. The maximum absolute atomic E-state index is 14.1. The molecule has 2 rings (SSSR count). The molecule has 148 valence electrons. The van der Waals surface area contributed by atoms with Gasteiger partial charge in [0.15, 0.2) is 11.6 Å². The van der Waals surface area contributed by atoms with Gasteiger partial charge in [0.05, 0.1) is 5.56 Å². The largest absolute Gasteiger partial charge is 0.573 e. The van der Waals surface area contributed by atoms with Crippen LogP contribution < -0.4 is 9.47 Å². The minimum absolute atomic E-state index is 0.0709. The van der Waals surface area contributed by atoms with Gasteiger partial charge in [-0.25, -0.2) is 13.2 Å². The number of benzene rings is 2. The number of hydrogen-bond donors (Lipinski definition) is 0. The quantitative estimate of drug-likeness (QED) is 0.547. The molecule has 0 amide bonds. The second-order valence-electron chi connectivity index (χ2n) is 5.45. The van der Waals surface area contributed by atoms with E-state index in [-0.39, 0.29) is 12.1 Å². The molecule has 0 atom stereocenters. The molecule has 0 radical (unpaired) electrons. The summed E-state index contributed by atoms with van der Waals surface area (Å²) in [5.74, 6) is -8.12. The third kappa shape index (κ3) is 5.24. The van der Waals surface area contributed by atoms with Gasteiger partial charge in [0.25, 0.3) is 0 Å². The van der Waals surface area contributed by atoms with Crippen molar-refractivity contribution in [3.63, 3.8) is 0 Å². The Bertz CT molecular complexity index is 794. The third-order valence-electron chi connectivity index (χ3n) is 3.32. The van der Waals surface area contributed by atoms with Gasteiger partial charge >= 0.3 is 12.5 Å². The Labute approximate surface area is 148 Å². The van der Waals surface area contributed by atoms with Crippen LogP contribution in [0.3, 0.4) is 0 Å². The fraction of sp³-hybridized carbons (Fsp3) is 0.294. The molecule has 0 N–H and O–H groups in total. The van der Waals surface area contributed by atoms with Crippen LogP contribution in [0.15, 0.2) is 30.3 Å². The van der Waals surface area contributed by atoms with Gasteiger partial charge in [-0.05, 0) is 24.1 Å². The normalized spacial score (nSPS) is 12.2. The van der Waals surface area contributed by atoms with Gasteiger partial charge in [-0.2, -0.15) is 8.78 Å². The first-order valence-electron chi connectivity index (χ1n) is 7.53. The highest BCUT2D eigenvalue weighted by Crippen LogP contribution is 2.37. The van der Waals surface area contributed by atoms with Gasteiger partial charge < -0.3 is 9.47 Å². The Morgan fingerprint density at radius 1 is 0.815 bits per heavy atom. The number of rotatable bonds is 6. The van der Waals surface area contributed by atoms with E-state index in [1.807, 2.05) is 0 Å². The Morgan fingerprint density at radius 2 is 1.41 bits per heavy atom. The summed E-state index contributed by atoms with van der Waals surface area (Å²) in [7, 11) is 0. The molecule has 0 saturated heterocycles. The lowest BCUT2D eigenvalue weighted by molar-refractivity contribution is -0.276. The lowest BCUT2D eigenvalue weighted by Crippen LogP contribution is -2.24. The van der Waals surface area contributed by atoms with E-state index in [4.69, 9.17) is 0 Å². The number of halogens is 8. The molecule has 0 fully saturated rings. The molecule has 2 nitrogen and oxygen atoms in total. The summed E-state index contributed by atoms with van der Waals surface area (Å²) in [6.07, 6.45) is -8.63. The predicted molar refractivity (Wildman–Crippen MR) is 78.0 cm³/mol. The number of ether oxygens (including phenoxy) is 2. The fourth-order valence-electron chi connectivity index (χ4n) is 2.25. The van der Waals surface area contributed by atoms with Crippen LogP contribution in [0.1, 0.15) is 24.5 Å². The summed E-state index contributed by atoms with van der Waals surface area (Å²) in [6, 6.07) is 3.01. The first-order chi connectivity index (χ1) is 12.4. The van der Waals surface area contributed by atoms with E-state index in [0.717, 1.165) is 12.1 Å². The highest BCUT2D eigenvalue weighted by atomic mass is 19.4. The lowest BCUT2D eigenvalue weighted by atomic mass is 10.1. The molecule has 0 heterocycles. The summed E-state index contributed by atoms with van der Waals surface area (Å²) in [5.41, 5.74) is -0.737. The summed E-state index contributed by atoms with van der Waals surface area (Å²) >= 11 is 0. The third-order valence-corrected chi connectivity index (χ3v) is 3.32. The molecule has 0 aliphatic carbocycles. The van der Waals surface area contributed by atoms with Crippen LogP contribution in [0.25, 0.3) is 0 Å². The van der Waals surface area contributed by atoms with Crippen LogP contribution in [-0.2, 0) is 12.5 Å². The van der Waals surface area contributed by atoms with Crippen molar-refractivity contribution in [2.45, 2.75) is 32.2 Å². The first-order valence-corrected chi connectivity index (χ1v) is 7.53. The van der Waals surface area contributed by atoms with E-state index in [1.54, 1.807) is 6.92 Å². The molecule has 0 saturated carbocycles. The van der Waals surface area contributed by atoms with E-state index >= 15 is 0 Å². The van der Waals surface area contributed by atoms with Crippen molar-refractivity contribution in [3.05, 3.63) is 58.9 Å². The Kier molecular flexibility index (Phi) is 5.86. The molecular weight excluding hydrogens is 388 g/mol.